The molecule has 0 heterocycles. The number of ether oxygens (including phenoxy) is 1. The number of hydrogen-bond donors (Lipinski definition) is 1. The molecule has 3 heteroatoms. The number of ketones is 1. The Kier molecular flexibility index (Phi) is 3.75. The topological polar surface area (TPSA) is 52.3 Å². The molecule has 0 atom stereocenters. The van der Waals surface area contributed by atoms with Crippen LogP contribution in [-0.4, -0.2) is 19.4 Å². The molecule has 0 saturated heterocycles. The molecular weight excluding hydrogens is 226 g/mol. The van der Waals surface area contributed by atoms with Gasteiger partial charge in [0.2, 0.25) is 0 Å². The van der Waals surface area contributed by atoms with E-state index >= 15 is 0 Å². The Balaban J connectivity index is 2.48. The summed E-state index contributed by atoms with van der Waals surface area (Å²) in [5.74, 6) is 0.724. The minimum atomic E-state index is -0.0632. The molecule has 2 N–H and O–H groups in total. The first-order chi connectivity index (χ1) is 8.76. The lowest BCUT2D eigenvalue weighted by Crippen LogP contribution is -2.13. The number of nitrogens with two attached hydrogens (primary N) is 1. The zero-order chi connectivity index (χ0) is 13.0. The molecule has 0 radical (unpaired) electrons. The van der Waals surface area contributed by atoms with E-state index in [1.54, 1.807) is 13.2 Å². The Labute approximate surface area is 106 Å². The fourth-order valence-corrected chi connectivity index (χ4v) is 1.86. The van der Waals surface area contributed by atoms with E-state index in [1.807, 2.05) is 42.5 Å². The first-order valence-corrected chi connectivity index (χ1v) is 5.73. The smallest absolute Gasteiger partial charge is 0.176 e. The predicted molar refractivity (Wildman–Crippen MR) is 71.8 cm³/mol. The van der Waals surface area contributed by atoms with Crippen molar-refractivity contribution >= 4 is 5.78 Å². The summed E-state index contributed by atoms with van der Waals surface area (Å²) in [4.78, 5) is 11.6. The Morgan fingerprint density at radius 3 is 2.67 bits per heavy atom. The van der Waals surface area contributed by atoms with E-state index in [1.165, 1.54) is 0 Å². The van der Waals surface area contributed by atoms with Gasteiger partial charge in [-0.05, 0) is 17.7 Å². The molecule has 18 heavy (non-hydrogen) atoms. The molecule has 92 valence electrons. The third kappa shape index (κ3) is 2.41. The van der Waals surface area contributed by atoms with Gasteiger partial charge in [-0.3, -0.25) is 4.79 Å². The molecule has 0 aromatic heterocycles. The Hall–Kier alpha value is -2.13. The van der Waals surface area contributed by atoms with E-state index in [-0.39, 0.29) is 12.3 Å². The minimum absolute atomic E-state index is 0.0232. The van der Waals surface area contributed by atoms with Gasteiger partial charge in [-0.25, -0.2) is 0 Å². The highest BCUT2D eigenvalue weighted by atomic mass is 16.5. The molecule has 0 aliphatic rings. The van der Waals surface area contributed by atoms with Gasteiger partial charge in [-0.1, -0.05) is 36.4 Å². The van der Waals surface area contributed by atoms with Crippen molar-refractivity contribution in [3.05, 3.63) is 54.1 Å². The van der Waals surface area contributed by atoms with Crippen LogP contribution in [0.15, 0.2) is 48.5 Å². The van der Waals surface area contributed by atoms with Gasteiger partial charge >= 0.3 is 0 Å². The van der Waals surface area contributed by atoms with Gasteiger partial charge in [0, 0.05) is 11.1 Å². The first kappa shape index (κ1) is 12.3. The van der Waals surface area contributed by atoms with Crippen LogP contribution in [0.4, 0.5) is 0 Å². The van der Waals surface area contributed by atoms with Crippen molar-refractivity contribution in [1.29, 1.82) is 0 Å². The molecule has 0 saturated carbocycles. The summed E-state index contributed by atoms with van der Waals surface area (Å²) in [7, 11) is 1.63. The SMILES string of the molecule is COc1ccccc1-c1cccc(C(=O)CN)c1. The summed E-state index contributed by atoms with van der Waals surface area (Å²) in [5, 5.41) is 0. The van der Waals surface area contributed by atoms with Crippen molar-refractivity contribution in [3.63, 3.8) is 0 Å². The van der Waals surface area contributed by atoms with Crippen LogP contribution in [0.1, 0.15) is 10.4 Å². The Bertz CT molecular complexity index is 564. The zero-order valence-electron chi connectivity index (χ0n) is 10.2. The highest BCUT2D eigenvalue weighted by molar-refractivity contribution is 5.98. The lowest BCUT2D eigenvalue weighted by atomic mass is 10.0. The fraction of sp³-hybridized carbons (Fsp3) is 0.133. The van der Waals surface area contributed by atoms with Crippen molar-refractivity contribution in [1.82, 2.24) is 0 Å². The zero-order valence-corrected chi connectivity index (χ0v) is 10.2. The second-order valence-electron chi connectivity index (χ2n) is 3.91. The summed E-state index contributed by atoms with van der Waals surface area (Å²) >= 11 is 0. The third-order valence-corrected chi connectivity index (χ3v) is 2.79. The first-order valence-electron chi connectivity index (χ1n) is 5.73. The maximum absolute atomic E-state index is 11.6. The third-order valence-electron chi connectivity index (χ3n) is 2.79. The van der Waals surface area contributed by atoms with Crippen LogP contribution in [0.3, 0.4) is 0 Å². The Morgan fingerprint density at radius 2 is 1.94 bits per heavy atom. The molecular formula is C15H15NO2. The average molecular weight is 241 g/mol. The summed E-state index contributed by atoms with van der Waals surface area (Å²) in [6.45, 7) is 0.0232. The van der Waals surface area contributed by atoms with E-state index in [4.69, 9.17) is 10.5 Å². The van der Waals surface area contributed by atoms with Crippen molar-refractivity contribution in [3.8, 4) is 16.9 Å². The van der Waals surface area contributed by atoms with Gasteiger partial charge in [-0.15, -0.1) is 0 Å². The van der Waals surface area contributed by atoms with Crippen LogP contribution < -0.4 is 10.5 Å². The normalized spacial score (nSPS) is 10.1. The molecule has 2 aromatic rings. The second-order valence-corrected chi connectivity index (χ2v) is 3.91. The van der Waals surface area contributed by atoms with Crippen molar-refractivity contribution in [2.75, 3.05) is 13.7 Å². The van der Waals surface area contributed by atoms with Crippen LogP contribution in [-0.2, 0) is 0 Å². The summed E-state index contributed by atoms with van der Waals surface area (Å²) in [5.41, 5.74) is 7.92. The molecule has 0 amide bonds. The van der Waals surface area contributed by atoms with Crippen LogP contribution in [0, 0.1) is 0 Å². The van der Waals surface area contributed by atoms with Crippen molar-refractivity contribution < 1.29 is 9.53 Å². The lowest BCUT2D eigenvalue weighted by molar-refractivity contribution is 0.100. The van der Waals surface area contributed by atoms with E-state index in [0.29, 0.717) is 5.56 Å². The number of benzene rings is 2. The molecule has 0 unspecified atom stereocenters. The molecule has 0 aliphatic carbocycles. The lowest BCUT2D eigenvalue weighted by Gasteiger charge is -2.09. The quantitative estimate of drug-likeness (QED) is 0.837. The minimum Gasteiger partial charge on any atom is -0.496 e. The van der Waals surface area contributed by atoms with E-state index in [9.17, 15) is 4.79 Å². The molecule has 2 rings (SSSR count). The monoisotopic (exact) mass is 241 g/mol. The van der Waals surface area contributed by atoms with Gasteiger partial charge in [0.15, 0.2) is 5.78 Å². The van der Waals surface area contributed by atoms with Crippen LogP contribution in [0.5, 0.6) is 5.75 Å². The molecule has 0 spiro atoms. The molecule has 0 fully saturated rings. The number of para-hydroxylation sites is 1. The van der Waals surface area contributed by atoms with E-state index in [0.717, 1.165) is 16.9 Å². The summed E-state index contributed by atoms with van der Waals surface area (Å²) in [6, 6.07) is 15.1. The largest absolute Gasteiger partial charge is 0.496 e. The highest BCUT2D eigenvalue weighted by Crippen LogP contribution is 2.29. The van der Waals surface area contributed by atoms with Crippen molar-refractivity contribution in [2.45, 2.75) is 0 Å². The van der Waals surface area contributed by atoms with Gasteiger partial charge in [0.1, 0.15) is 5.75 Å². The molecule has 3 nitrogen and oxygen atoms in total. The van der Waals surface area contributed by atoms with E-state index < -0.39 is 0 Å². The van der Waals surface area contributed by atoms with Gasteiger partial charge < -0.3 is 10.5 Å². The number of carbonyl (C=O) groups is 1. The number of hydrogen-bond acceptors (Lipinski definition) is 3. The second kappa shape index (κ2) is 5.47. The molecule has 0 aliphatic heterocycles. The Morgan fingerprint density at radius 1 is 1.17 bits per heavy atom. The maximum Gasteiger partial charge on any atom is 0.176 e. The molecule has 0 bridgehead atoms. The standard InChI is InChI=1S/C15H15NO2/c1-18-15-8-3-2-7-13(15)11-5-4-6-12(9-11)14(17)10-16/h2-9H,10,16H2,1H3. The number of methoxy groups -OCH3 is 1. The summed E-state index contributed by atoms with van der Waals surface area (Å²) < 4.78 is 5.32. The van der Waals surface area contributed by atoms with Crippen molar-refractivity contribution in [2.24, 2.45) is 5.73 Å². The van der Waals surface area contributed by atoms with E-state index in [2.05, 4.69) is 0 Å². The maximum atomic E-state index is 11.6. The average Bonchev–Trinajstić information content (AvgIpc) is 2.46. The van der Waals surface area contributed by atoms with Gasteiger partial charge in [-0.2, -0.15) is 0 Å². The molecule has 2 aromatic carbocycles. The fourth-order valence-electron chi connectivity index (χ4n) is 1.86. The highest BCUT2D eigenvalue weighted by Gasteiger charge is 2.08. The van der Waals surface area contributed by atoms with Crippen LogP contribution in [0.25, 0.3) is 11.1 Å². The summed E-state index contributed by atoms with van der Waals surface area (Å²) in [6.07, 6.45) is 0. The predicted octanol–water partition coefficient (Wildman–Crippen LogP) is 2.50. The van der Waals surface area contributed by atoms with Gasteiger partial charge in [0.25, 0.3) is 0 Å². The van der Waals surface area contributed by atoms with Crippen LogP contribution in [0.2, 0.25) is 0 Å². The van der Waals surface area contributed by atoms with Gasteiger partial charge in [0.05, 0.1) is 13.7 Å². The number of Topliss-reactive ketones (excluding diaryl/α,β-unsaturated/α-hetero) is 1. The number of carbonyl (C=O) groups excluding carboxylic acids is 1. The number of rotatable bonds is 4. The van der Waals surface area contributed by atoms with Crippen LogP contribution >= 0.6 is 0 Å².